The fourth-order valence-electron chi connectivity index (χ4n) is 2.69. The molecule has 0 aromatic heterocycles. The number of carbonyl (C=O) groups is 1. The van der Waals surface area contributed by atoms with Crippen LogP contribution in [-0.4, -0.2) is 43.6 Å². The van der Waals surface area contributed by atoms with Crippen molar-refractivity contribution in [2.45, 2.75) is 32.2 Å². The molecule has 1 aromatic carbocycles. The normalized spacial score (nSPS) is 16.2. The predicted octanol–water partition coefficient (Wildman–Crippen LogP) is 1.84. The van der Waals surface area contributed by atoms with Gasteiger partial charge < -0.3 is 15.0 Å². The Kier molecular flexibility index (Phi) is 5.41. The molecule has 1 aromatic rings. The summed E-state index contributed by atoms with van der Waals surface area (Å²) in [4.78, 5) is 14.3. The summed E-state index contributed by atoms with van der Waals surface area (Å²) >= 11 is 0. The van der Waals surface area contributed by atoms with E-state index in [4.69, 9.17) is 4.74 Å². The maximum absolute atomic E-state index is 12.3. The minimum absolute atomic E-state index is 0.216. The zero-order chi connectivity index (χ0) is 14.4. The van der Waals surface area contributed by atoms with E-state index < -0.39 is 0 Å². The van der Waals surface area contributed by atoms with Gasteiger partial charge in [0.25, 0.3) is 0 Å². The molecule has 20 heavy (non-hydrogen) atoms. The van der Waals surface area contributed by atoms with Gasteiger partial charge in [0.1, 0.15) is 5.75 Å². The van der Waals surface area contributed by atoms with E-state index in [1.165, 1.54) is 0 Å². The van der Waals surface area contributed by atoms with Crippen LogP contribution in [0.4, 0.5) is 0 Å². The molecule has 1 heterocycles. The van der Waals surface area contributed by atoms with Gasteiger partial charge in [0, 0.05) is 19.1 Å². The molecule has 4 heteroatoms. The van der Waals surface area contributed by atoms with Crippen LogP contribution in [0.25, 0.3) is 0 Å². The van der Waals surface area contributed by atoms with E-state index in [1.807, 2.05) is 29.2 Å². The molecule has 1 fully saturated rings. The lowest BCUT2D eigenvalue weighted by Crippen LogP contribution is -2.45. The predicted molar refractivity (Wildman–Crippen MR) is 80.0 cm³/mol. The number of carbonyl (C=O) groups excluding carboxylic acids is 1. The third-order valence-electron chi connectivity index (χ3n) is 3.83. The standard InChI is InChI=1S/C16H24N2O2/c1-3-17-14-7-9-18(10-8-14)16(19)12-13-5-4-6-15(11-13)20-2/h4-6,11,14,17H,3,7-10,12H2,1-2H3. The summed E-state index contributed by atoms with van der Waals surface area (Å²) in [6.07, 6.45) is 2.57. The second kappa shape index (κ2) is 7.29. The minimum Gasteiger partial charge on any atom is -0.497 e. The van der Waals surface area contributed by atoms with Gasteiger partial charge in [0.15, 0.2) is 0 Å². The van der Waals surface area contributed by atoms with Crippen LogP contribution in [0.15, 0.2) is 24.3 Å². The summed E-state index contributed by atoms with van der Waals surface area (Å²) in [6.45, 7) is 4.85. The largest absolute Gasteiger partial charge is 0.497 e. The number of nitrogens with zero attached hydrogens (tertiary/aromatic N) is 1. The van der Waals surface area contributed by atoms with Gasteiger partial charge in [0.2, 0.25) is 5.91 Å². The highest BCUT2D eigenvalue weighted by Crippen LogP contribution is 2.16. The van der Waals surface area contributed by atoms with Gasteiger partial charge in [-0.2, -0.15) is 0 Å². The molecular formula is C16H24N2O2. The SMILES string of the molecule is CCNC1CCN(C(=O)Cc2cccc(OC)c2)CC1. The molecule has 1 aliphatic heterocycles. The number of methoxy groups -OCH3 is 1. The van der Waals surface area contributed by atoms with Crippen LogP contribution in [0.3, 0.4) is 0 Å². The van der Waals surface area contributed by atoms with E-state index in [1.54, 1.807) is 7.11 Å². The first-order chi connectivity index (χ1) is 9.72. The molecule has 2 rings (SSSR count). The van der Waals surface area contributed by atoms with E-state index in [-0.39, 0.29) is 5.91 Å². The number of hydrogen-bond acceptors (Lipinski definition) is 3. The Balaban J connectivity index is 1.86. The maximum atomic E-state index is 12.3. The van der Waals surface area contributed by atoms with Crippen molar-refractivity contribution in [1.29, 1.82) is 0 Å². The number of ether oxygens (including phenoxy) is 1. The van der Waals surface area contributed by atoms with Crippen molar-refractivity contribution in [3.05, 3.63) is 29.8 Å². The number of hydrogen-bond donors (Lipinski definition) is 1. The molecule has 0 saturated carbocycles. The average molecular weight is 276 g/mol. The quantitative estimate of drug-likeness (QED) is 0.892. The second-order valence-electron chi connectivity index (χ2n) is 5.24. The number of likely N-dealkylation sites (tertiary alicyclic amines) is 1. The molecule has 0 radical (unpaired) electrons. The number of amides is 1. The Hall–Kier alpha value is -1.55. The van der Waals surface area contributed by atoms with Crippen LogP contribution in [0.1, 0.15) is 25.3 Å². The molecule has 110 valence electrons. The highest BCUT2D eigenvalue weighted by molar-refractivity contribution is 5.79. The van der Waals surface area contributed by atoms with Crippen LogP contribution >= 0.6 is 0 Å². The first kappa shape index (κ1) is 14.9. The number of nitrogens with one attached hydrogen (secondary N) is 1. The van der Waals surface area contributed by atoms with Gasteiger partial charge in [-0.1, -0.05) is 19.1 Å². The molecule has 0 unspecified atom stereocenters. The highest BCUT2D eigenvalue weighted by Gasteiger charge is 2.22. The van der Waals surface area contributed by atoms with Crippen LogP contribution in [-0.2, 0) is 11.2 Å². The Morgan fingerprint density at radius 3 is 2.80 bits per heavy atom. The zero-order valence-electron chi connectivity index (χ0n) is 12.4. The Morgan fingerprint density at radius 1 is 1.40 bits per heavy atom. The molecule has 4 nitrogen and oxygen atoms in total. The zero-order valence-corrected chi connectivity index (χ0v) is 12.4. The van der Waals surface area contributed by atoms with Gasteiger partial charge in [-0.25, -0.2) is 0 Å². The van der Waals surface area contributed by atoms with Gasteiger partial charge in [-0.3, -0.25) is 4.79 Å². The number of piperidine rings is 1. The van der Waals surface area contributed by atoms with Gasteiger partial charge in [0.05, 0.1) is 13.5 Å². The topological polar surface area (TPSA) is 41.6 Å². The fourth-order valence-corrected chi connectivity index (χ4v) is 2.69. The average Bonchev–Trinajstić information content (AvgIpc) is 2.48. The van der Waals surface area contributed by atoms with Crippen molar-refractivity contribution in [3.63, 3.8) is 0 Å². The van der Waals surface area contributed by atoms with E-state index in [9.17, 15) is 4.79 Å². The van der Waals surface area contributed by atoms with Crippen molar-refractivity contribution in [1.82, 2.24) is 10.2 Å². The first-order valence-electron chi connectivity index (χ1n) is 7.37. The third kappa shape index (κ3) is 3.97. The molecular weight excluding hydrogens is 252 g/mol. The Labute approximate surface area is 121 Å². The van der Waals surface area contributed by atoms with E-state index in [0.29, 0.717) is 12.5 Å². The minimum atomic E-state index is 0.216. The van der Waals surface area contributed by atoms with Gasteiger partial charge in [-0.05, 0) is 37.1 Å². The van der Waals surface area contributed by atoms with E-state index >= 15 is 0 Å². The molecule has 1 aliphatic rings. The number of benzene rings is 1. The molecule has 0 aliphatic carbocycles. The van der Waals surface area contributed by atoms with Crippen LogP contribution in [0.2, 0.25) is 0 Å². The molecule has 0 spiro atoms. The van der Waals surface area contributed by atoms with Crippen molar-refractivity contribution in [3.8, 4) is 5.75 Å². The van der Waals surface area contributed by atoms with Crippen molar-refractivity contribution < 1.29 is 9.53 Å². The third-order valence-corrected chi connectivity index (χ3v) is 3.83. The van der Waals surface area contributed by atoms with E-state index in [0.717, 1.165) is 43.8 Å². The molecule has 1 saturated heterocycles. The van der Waals surface area contributed by atoms with Crippen molar-refractivity contribution >= 4 is 5.91 Å². The van der Waals surface area contributed by atoms with Crippen LogP contribution < -0.4 is 10.1 Å². The fraction of sp³-hybridized carbons (Fsp3) is 0.562. The highest BCUT2D eigenvalue weighted by atomic mass is 16.5. The Morgan fingerprint density at radius 2 is 2.15 bits per heavy atom. The Bertz CT molecular complexity index is 440. The summed E-state index contributed by atoms with van der Waals surface area (Å²) in [5.41, 5.74) is 1.02. The van der Waals surface area contributed by atoms with E-state index in [2.05, 4.69) is 12.2 Å². The van der Waals surface area contributed by atoms with Crippen molar-refractivity contribution in [2.75, 3.05) is 26.7 Å². The summed E-state index contributed by atoms with van der Waals surface area (Å²) in [5, 5.41) is 3.45. The van der Waals surface area contributed by atoms with Crippen molar-refractivity contribution in [2.24, 2.45) is 0 Å². The lowest BCUT2D eigenvalue weighted by atomic mass is 10.0. The van der Waals surface area contributed by atoms with Gasteiger partial charge >= 0.3 is 0 Å². The summed E-state index contributed by atoms with van der Waals surface area (Å²) in [5.74, 6) is 1.02. The molecule has 0 atom stereocenters. The maximum Gasteiger partial charge on any atom is 0.226 e. The van der Waals surface area contributed by atoms with Crippen LogP contribution in [0.5, 0.6) is 5.75 Å². The van der Waals surface area contributed by atoms with Gasteiger partial charge in [-0.15, -0.1) is 0 Å². The first-order valence-corrected chi connectivity index (χ1v) is 7.37. The summed E-state index contributed by atoms with van der Waals surface area (Å²) < 4.78 is 5.19. The monoisotopic (exact) mass is 276 g/mol. The smallest absolute Gasteiger partial charge is 0.226 e. The second-order valence-corrected chi connectivity index (χ2v) is 5.24. The summed E-state index contributed by atoms with van der Waals surface area (Å²) in [6, 6.07) is 8.31. The lowest BCUT2D eigenvalue weighted by molar-refractivity contribution is -0.131. The molecule has 1 N–H and O–H groups in total. The van der Waals surface area contributed by atoms with Crippen LogP contribution in [0, 0.1) is 0 Å². The number of rotatable bonds is 5. The molecule has 1 amide bonds. The lowest BCUT2D eigenvalue weighted by Gasteiger charge is -2.32. The summed E-state index contributed by atoms with van der Waals surface area (Å²) in [7, 11) is 1.65. The molecule has 0 bridgehead atoms.